The average molecular weight is 323 g/mol. The van der Waals surface area contributed by atoms with E-state index in [1.54, 1.807) is 7.11 Å². The lowest BCUT2D eigenvalue weighted by molar-refractivity contribution is -0.108. The molecule has 4 heteroatoms. The van der Waals surface area contributed by atoms with E-state index >= 15 is 0 Å². The molecule has 0 fully saturated rings. The van der Waals surface area contributed by atoms with Crippen LogP contribution in [0.5, 0.6) is 5.75 Å². The van der Waals surface area contributed by atoms with Crippen LogP contribution in [0.1, 0.15) is 39.2 Å². The molecule has 0 aromatic heterocycles. The molecule has 3 nitrogen and oxygen atoms in total. The second-order valence-electron chi connectivity index (χ2n) is 7.30. The van der Waals surface area contributed by atoms with Crippen LogP contribution in [0.15, 0.2) is 24.3 Å². The van der Waals surface area contributed by atoms with Crippen molar-refractivity contribution >= 4 is 14.6 Å². The largest absolute Gasteiger partial charge is 0.497 e. The molecule has 0 aliphatic rings. The van der Waals surface area contributed by atoms with Crippen molar-refractivity contribution in [2.24, 2.45) is 0 Å². The molecule has 0 radical (unpaired) electrons. The van der Waals surface area contributed by atoms with Crippen molar-refractivity contribution in [3.8, 4) is 5.75 Å². The number of carbonyl (C=O) groups is 1. The van der Waals surface area contributed by atoms with Gasteiger partial charge in [0.05, 0.1) is 7.11 Å². The molecule has 0 aliphatic carbocycles. The van der Waals surface area contributed by atoms with Gasteiger partial charge in [-0.2, -0.15) is 0 Å². The average Bonchev–Trinajstić information content (AvgIpc) is 2.44. The van der Waals surface area contributed by atoms with Gasteiger partial charge < -0.3 is 14.0 Å². The zero-order valence-electron chi connectivity index (χ0n) is 14.8. The third-order valence-electron chi connectivity index (χ3n) is 4.50. The maximum Gasteiger partial charge on any atom is 0.192 e. The molecule has 0 spiro atoms. The number of rotatable bonds is 8. The topological polar surface area (TPSA) is 35.5 Å². The van der Waals surface area contributed by atoms with Gasteiger partial charge in [0, 0.05) is 12.5 Å². The highest BCUT2D eigenvalue weighted by molar-refractivity contribution is 6.74. The van der Waals surface area contributed by atoms with Crippen molar-refractivity contribution in [3.05, 3.63) is 29.8 Å². The smallest absolute Gasteiger partial charge is 0.192 e. The summed E-state index contributed by atoms with van der Waals surface area (Å²) in [5, 5.41) is 0.173. The minimum atomic E-state index is -1.83. The lowest BCUT2D eigenvalue weighted by atomic mass is 10.0. The predicted molar refractivity (Wildman–Crippen MR) is 94.1 cm³/mol. The van der Waals surface area contributed by atoms with Gasteiger partial charge in [0.2, 0.25) is 0 Å². The van der Waals surface area contributed by atoms with Crippen LogP contribution in [0.3, 0.4) is 0 Å². The Kier molecular flexibility index (Phi) is 6.82. The second-order valence-corrected chi connectivity index (χ2v) is 12.1. The zero-order chi connectivity index (χ0) is 16.8. The molecule has 1 aromatic rings. The van der Waals surface area contributed by atoms with Crippen molar-refractivity contribution in [2.45, 2.75) is 64.3 Å². The summed E-state index contributed by atoms with van der Waals surface area (Å²) < 4.78 is 11.7. The molecule has 0 amide bonds. The molecule has 124 valence electrons. The molecular weight excluding hydrogens is 292 g/mol. The molecule has 0 unspecified atom stereocenters. The highest BCUT2D eigenvalue weighted by Crippen LogP contribution is 2.38. The highest BCUT2D eigenvalue weighted by Gasteiger charge is 2.39. The molecule has 0 aliphatic heterocycles. The van der Waals surface area contributed by atoms with Crippen LogP contribution >= 0.6 is 0 Å². The van der Waals surface area contributed by atoms with E-state index in [2.05, 4.69) is 46.0 Å². The fourth-order valence-electron chi connectivity index (χ4n) is 2.07. The van der Waals surface area contributed by atoms with Crippen LogP contribution < -0.4 is 4.74 Å². The van der Waals surface area contributed by atoms with E-state index in [0.29, 0.717) is 6.42 Å². The molecule has 22 heavy (non-hydrogen) atoms. The summed E-state index contributed by atoms with van der Waals surface area (Å²) in [4.78, 5) is 10.7. The van der Waals surface area contributed by atoms with Gasteiger partial charge in [-0.05, 0) is 48.7 Å². The van der Waals surface area contributed by atoms with Crippen LogP contribution in [0, 0.1) is 0 Å². The summed E-state index contributed by atoms with van der Waals surface area (Å²) in [6, 6.07) is 8.08. The summed E-state index contributed by atoms with van der Waals surface area (Å²) in [7, 11) is -0.161. The van der Waals surface area contributed by atoms with Crippen molar-refractivity contribution in [3.63, 3.8) is 0 Å². The van der Waals surface area contributed by atoms with E-state index in [4.69, 9.17) is 9.16 Å². The number of benzene rings is 1. The minimum absolute atomic E-state index is 0.0967. The maximum absolute atomic E-state index is 10.7. The predicted octanol–water partition coefficient (Wildman–Crippen LogP) is 4.61. The van der Waals surface area contributed by atoms with E-state index < -0.39 is 8.32 Å². The summed E-state index contributed by atoms with van der Waals surface area (Å²) >= 11 is 0. The van der Waals surface area contributed by atoms with Gasteiger partial charge in [-0.1, -0.05) is 32.9 Å². The molecular formula is C18H30O3Si. The first-order chi connectivity index (χ1) is 10.2. The summed E-state index contributed by atoms with van der Waals surface area (Å²) in [5.41, 5.74) is 1.22. The van der Waals surface area contributed by atoms with Gasteiger partial charge in [-0.25, -0.2) is 0 Å². The van der Waals surface area contributed by atoms with Gasteiger partial charge in [-0.3, -0.25) is 0 Å². The fraction of sp³-hybridized carbons (Fsp3) is 0.611. The number of hydrogen-bond acceptors (Lipinski definition) is 3. The summed E-state index contributed by atoms with van der Waals surface area (Å²) in [6.45, 7) is 11.2. The van der Waals surface area contributed by atoms with Crippen LogP contribution in [0.25, 0.3) is 0 Å². The van der Waals surface area contributed by atoms with Crippen molar-refractivity contribution in [1.82, 2.24) is 0 Å². The Bertz CT molecular complexity index is 460. The normalized spacial score (nSPS) is 13.7. The van der Waals surface area contributed by atoms with Crippen LogP contribution in [-0.4, -0.2) is 27.8 Å². The van der Waals surface area contributed by atoms with Gasteiger partial charge in [0.15, 0.2) is 8.32 Å². The van der Waals surface area contributed by atoms with Crippen LogP contribution in [0.4, 0.5) is 0 Å². The zero-order valence-corrected chi connectivity index (χ0v) is 15.8. The lowest BCUT2D eigenvalue weighted by Crippen LogP contribution is -2.44. The van der Waals surface area contributed by atoms with Crippen LogP contribution in [-0.2, 0) is 15.6 Å². The number of methoxy groups -OCH3 is 1. The number of carbonyl (C=O) groups excluding carboxylic acids is 1. The Morgan fingerprint density at radius 3 is 2.23 bits per heavy atom. The molecule has 0 saturated heterocycles. The Morgan fingerprint density at radius 2 is 1.77 bits per heavy atom. The molecule has 1 rings (SSSR count). The fourth-order valence-corrected chi connectivity index (χ4v) is 3.46. The van der Waals surface area contributed by atoms with E-state index in [1.807, 2.05) is 12.1 Å². The Balaban J connectivity index is 2.81. The van der Waals surface area contributed by atoms with Gasteiger partial charge >= 0.3 is 0 Å². The van der Waals surface area contributed by atoms with Crippen molar-refractivity contribution < 1.29 is 14.0 Å². The SMILES string of the molecule is COc1ccc(C[C@H](CCC=O)O[Si](C)(C)C(C)(C)C)cc1. The monoisotopic (exact) mass is 322 g/mol. The van der Waals surface area contributed by atoms with E-state index in [9.17, 15) is 4.79 Å². The quantitative estimate of drug-likeness (QED) is 0.518. The Labute approximate surface area is 136 Å². The Morgan fingerprint density at radius 1 is 1.18 bits per heavy atom. The standard InChI is InChI=1S/C18H30O3Si/c1-18(2,3)22(5,6)21-17(8-7-13-19)14-15-9-11-16(20-4)12-10-15/h9-13,17H,7-8,14H2,1-6H3/t17-/m0/s1. The first-order valence-corrected chi connectivity index (χ1v) is 10.8. The highest BCUT2D eigenvalue weighted by atomic mass is 28.4. The third-order valence-corrected chi connectivity index (χ3v) is 9.03. The van der Waals surface area contributed by atoms with Gasteiger partial charge in [0.1, 0.15) is 12.0 Å². The molecule has 0 N–H and O–H groups in total. The summed E-state index contributed by atoms with van der Waals surface area (Å²) in [6.07, 6.45) is 3.25. The summed E-state index contributed by atoms with van der Waals surface area (Å²) in [5.74, 6) is 0.860. The minimum Gasteiger partial charge on any atom is -0.497 e. The van der Waals surface area contributed by atoms with E-state index in [1.165, 1.54) is 5.56 Å². The van der Waals surface area contributed by atoms with E-state index in [0.717, 1.165) is 24.9 Å². The lowest BCUT2D eigenvalue weighted by Gasteiger charge is -2.39. The number of aldehydes is 1. The second kappa shape index (κ2) is 7.93. The number of ether oxygens (including phenoxy) is 1. The molecule has 0 bridgehead atoms. The van der Waals surface area contributed by atoms with Crippen molar-refractivity contribution in [1.29, 1.82) is 0 Å². The molecule has 1 atom stereocenters. The molecule has 0 saturated carbocycles. The van der Waals surface area contributed by atoms with E-state index in [-0.39, 0.29) is 11.1 Å². The van der Waals surface area contributed by atoms with Gasteiger partial charge in [-0.15, -0.1) is 0 Å². The maximum atomic E-state index is 10.7. The molecule has 0 heterocycles. The number of hydrogen-bond donors (Lipinski definition) is 0. The molecule has 1 aromatic carbocycles. The first kappa shape index (κ1) is 18.9. The third kappa shape index (κ3) is 5.58. The van der Waals surface area contributed by atoms with Crippen LogP contribution in [0.2, 0.25) is 18.1 Å². The Hall–Kier alpha value is -1.13. The van der Waals surface area contributed by atoms with Crippen molar-refractivity contribution in [2.75, 3.05) is 7.11 Å². The van der Waals surface area contributed by atoms with Gasteiger partial charge in [0.25, 0.3) is 0 Å². The first-order valence-electron chi connectivity index (χ1n) is 7.94.